The molecule has 0 heterocycles. The third kappa shape index (κ3) is 16.6. The van der Waals surface area contributed by atoms with Gasteiger partial charge in [0.25, 0.3) is 0 Å². The van der Waals surface area contributed by atoms with Crippen molar-refractivity contribution < 1.29 is 0 Å². The largest absolute Gasteiger partial charge is 0.388 e. The Morgan fingerprint density at radius 3 is 1.97 bits per heavy atom. The van der Waals surface area contributed by atoms with Gasteiger partial charge in [-0.1, -0.05) is 147 Å². The molecule has 0 saturated carbocycles. The summed E-state index contributed by atoms with van der Waals surface area (Å²) >= 11 is 0. The van der Waals surface area contributed by atoms with Crippen molar-refractivity contribution in [1.82, 2.24) is 16.0 Å². The third-order valence-corrected chi connectivity index (χ3v) is 12.7. The van der Waals surface area contributed by atoms with Crippen molar-refractivity contribution >= 4 is 23.3 Å². The number of rotatable bonds is 20. The van der Waals surface area contributed by atoms with Crippen LogP contribution in [0.1, 0.15) is 152 Å². The zero-order valence-corrected chi connectivity index (χ0v) is 44.6. The second-order valence-corrected chi connectivity index (χ2v) is 17.6. The van der Waals surface area contributed by atoms with E-state index in [1.54, 1.807) is 0 Å². The molecule has 3 aliphatic rings. The van der Waals surface area contributed by atoms with Crippen LogP contribution in [-0.4, -0.2) is 32.1 Å². The van der Waals surface area contributed by atoms with E-state index in [-0.39, 0.29) is 5.92 Å². The van der Waals surface area contributed by atoms with E-state index >= 15 is 0 Å². The summed E-state index contributed by atoms with van der Waals surface area (Å²) in [5, 5.41) is 27.7. The molecule has 0 saturated heterocycles. The van der Waals surface area contributed by atoms with E-state index in [2.05, 4.69) is 162 Å². The molecule has 2 aromatic carbocycles. The van der Waals surface area contributed by atoms with Crippen LogP contribution in [-0.2, 0) is 6.42 Å². The number of aryl methyl sites for hydroxylation is 1. The van der Waals surface area contributed by atoms with Crippen LogP contribution < -0.4 is 16.0 Å². The number of nitrogens with one attached hydrogen (secondary N) is 5. The molecular weight excluding hydrogens is 839 g/mol. The number of hydrogen-bond acceptors (Lipinski definition) is 5. The summed E-state index contributed by atoms with van der Waals surface area (Å²) in [6.45, 7) is 49.8. The molecule has 0 amide bonds. The Hall–Kier alpha value is -6.46. The van der Waals surface area contributed by atoms with Gasteiger partial charge in [-0.25, -0.2) is 0 Å². The van der Waals surface area contributed by atoms with E-state index < -0.39 is 0 Å². The molecule has 0 fully saturated rings. The standard InChI is InChI=1S/C58H71N5.2C2H6.C2H4/c1-13-53(37(2)3)39(5)22-23-50(34-59)40(6)30-52(36-63-45(11)48-25-24-46-20-17-21-55(43(9)60)57(46)32-48)51(33-58(61-12)47-18-15-14-16-19-47)28-38(4)35-62-44(10)49-26-27-54-41(7)29-42(8)56(54)31-49;3*1-2/h13,15,18-19,22-28,30-34,41-42,55,59-63H,2,4,6,10-11,14,16-17,20-21,29,35-36H2,1,3,5,7-9,12H3;2*1-2H3;1-2H2/b39-22+,50-23-,51-28-,52-30-,53-13+,58-33-,59-34?,60-43?;;;. The van der Waals surface area contributed by atoms with Crippen LogP contribution in [0.5, 0.6) is 0 Å². The molecule has 3 atom stereocenters. The normalized spacial score (nSPS) is 17.9. The number of likely N-dealkylation sites (N-methyl/N-ethyl adjacent to an activating group) is 1. The first-order valence-electron chi connectivity index (χ1n) is 25.1. The lowest BCUT2D eigenvalue weighted by Gasteiger charge is -2.26. The minimum absolute atomic E-state index is 0.136. The fourth-order valence-corrected chi connectivity index (χ4v) is 9.14. The Labute approximate surface area is 420 Å². The van der Waals surface area contributed by atoms with Crippen LogP contribution in [0.2, 0.25) is 0 Å². The Kier molecular flexibility index (Phi) is 25.6. The monoisotopic (exact) mass is 926 g/mol. The molecular formula is C64H87N5. The maximum atomic E-state index is 8.51. The highest BCUT2D eigenvalue weighted by Gasteiger charge is 2.26. The first-order valence-corrected chi connectivity index (χ1v) is 25.1. The predicted molar refractivity (Wildman–Crippen MR) is 309 cm³/mol. The molecule has 0 radical (unpaired) electrons. The third-order valence-electron chi connectivity index (χ3n) is 12.7. The van der Waals surface area contributed by atoms with Gasteiger partial charge in [-0.15, -0.1) is 13.2 Å². The summed E-state index contributed by atoms with van der Waals surface area (Å²) in [6, 6.07) is 13.3. The molecule has 368 valence electrons. The molecule has 0 aromatic heterocycles. The van der Waals surface area contributed by atoms with E-state index in [0.29, 0.717) is 41.8 Å². The second-order valence-electron chi connectivity index (χ2n) is 17.6. The van der Waals surface area contributed by atoms with Gasteiger partial charge in [0, 0.05) is 55.1 Å². The van der Waals surface area contributed by atoms with Gasteiger partial charge >= 0.3 is 0 Å². The summed E-state index contributed by atoms with van der Waals surface area (Å²) in [5.74, 6) is 1.25. The molecule has 2 aromatic rings. The van der Waals surface area contributed by atoms with E-state index in [1.807, 2.05) is 67.7 Å². The van der Waals surface area contributed by atoms with Gasteiger partial charge in [0.1, 0.15) is 0 Å². The maximum Gasteiger partial charge on any atom is 0.0413 e. The number of hydrogen-bond donors (Lipinski definition) is 5. The molecule has 0 bridgehead atoms. The van der Waals surface area contributed by atoms with E-state index in [9.17, 15) is 0 Å². The van der Waals surface area contributed by atoms with Crippen LogP contribution >= 0.6 is 0 Å². The van der Waals surface area contributed by atoms with Gasteiger partial charge < -0.3 is 26.8 Å². The van der Waals surface area contributed by atoms with Gasteiger partial charge in [0.05, 0.1) is 0 Å². The van der Waals surface area contributed by atoms with Gasteiger partial charge in [-0.3, -0.25) is 0 Å². The van der Waals surface area contributed by atoms with Gasteiger partial charge in [-0.2, -0.15) is 0 Å². The van der Waals surface area contributed by atoms with Crippen molar-refractivity contribution in [2.75, 3.05) is 20.1 Å². The molecule has 0 spiro atoms. The predicted octanol–water partition coefficient (Wildman–Crippen LogP) is 16.8. The Morgan fingerprint density at radius 1 is 0.768 bits per heavy atom. The van der Waals surface area contributed by atoms with Gasteiger partial charge in [0.15, 0.2) is 0 Å². The summed E-state index contributed by atoms with van der Waals surface area (Å²) < 4.78 is 0. The quantitative estimate of drug-likeness (QED) is 0.0521. The Morgan fingerprint density at radius 2 is 1.39 bits per heavy atom. The number of allylic oxidation sites excluding steroid dienone is 13. The van der Waals surface area contributed by atoms with E-state index in [1.165, 1.54) is 34.9 Å². The molecule has 0 aliphatic heterocycles. The van der Waals surface area contributed by atoms with Crippen LogP contribution in [0.4, 0.5) is 0 Å². The highest BCUT2D eigenvalue weighted by atomic mass is 14.9. The van der Waals surface area contributed by atoms with Crippen LogP contribution in [0, 0.1) is 10.8 Å². The zero-order chi connectivity index (χ0) is 51.8. The van der Waals surface area contributed by atoms with Crippen molar-refractivity contribution in [3.8, 4) is 0 Å². The molecule has 69 heavy (non-hydrogen) atoms. The fraction of sp³-hybridized carbons (Fsp3) is 0.344. The van der Waals surface area contributed by atoms with Crippen LogP contribution in [0.15, 0.2) is 193 Å². The lowest BCUT2D eigenvalue weighted by molar-refractivity contribution is 0.646. The minimum atomic E-state index is 0.136. The smallest absolute Gasteiger partial charge is 0.0413 e. The van der Waals surface area contributed by atoms with Crippen LogP contribution in [0.25, 0.3) is 11.4 Å². The molecule has 3 unspecified atom stereocenters. The first kappa shape index (κ1) is 58.7. The molecule has 5 nitrogen and oxygen atoms in total. The average molecular weight is 926 g/mol. The summed E-state index contributed by atoms with van der Waals surface area (Å²) in [7, 11) is 1.96. The van der Waals surface area contributed by atoms with Crippen molar-refractivity contribution in [2.24, 2.45) is 0 Å². The van der Waals surface area contributed by atoms with Crippen molar-refractivity contribution in [2.45, 2.75) is 126 Å². The minimum Gasteiger partial charge on any atom is -0.388 e. The average Bonchev–Trinajstić information content (AvgIpc) is 3.66. The van der Waals surface area contributed by atoms with Crippen LogP contribution in [0.3, 0.4) is 0 Å². The van der Waals surface area contributed by atoms with Crippen molar-refractivity contribution in [3.05, 3.63) is 226 Å². The van der Waals surface area contributed by atoms with Gasteiger partial charge in [-0.05, 0) is 180 Å². The second kappa shape index (κ2) is 30.1. The van der Waals surface area contributed by atoms with Crippen molar-refractivity contribution in [3.63, 3.8) is 0 Å². The molecule has 3 aliphatic carbocycles. The van der Waals surface area contributed by atoms with E-state index in [4.69, 9.17) is 10.8 Å². The summed E-state index contributed by atoms with van der Waals surface area (Å²) in [5.41, 5.74) is 19.3. The topological polar surface area (TPSA) is 83.8 Å². The molecule has 5 N–H and O–H groups in total. The Balaban J connectivity index is 0.00000262. The fourth-order valence-electron chi connectivity index (χ4n) is 9.14. The van der Waals surface area contributed by atoms with E-state index in [0.717, 1.165) is 99.3 Å². The summed E-state index contributed by atoms with van der Waals surface area (Å²) in [4.78, 5) is 0. The number of fused-ring (bicyclic) bond motifs is 2. The van der Waals surface area contributed by atoms with Crippen molar-refractivity contribution in [1.29, 1.82) is 10.8 Å². The highest BCUT2D eigenvalue weighted by molar-refractivity contribution is 5.87. The Bertz CT molecular complexity index is 2450. The molecule has 5 rings (SSSR count). The highest BCUT2D eigenvalue weighted by Crippen LogP contribution is 2.42. The zero-order valence-electron chi connectivity index (χ0n) is 44.6. The summed E-state index contributed by atoms with van der Waals surface area (Å²) in [6.07, 6.45) is 26.8. The molecule has 5 heteroatoms. The lowest BCUT2D eigenvalue weighted by Crippen LogP contribution is -2.19. The number of benzene rings is 2. The maximum absolute atomic E-state index is 8.51. The SMILES string of the molecule is C=C.C=C(/C=C(/C=C(\NC)C1=CCCC=C1)C(=C/C(=C)\C(C=N)=C/C=C(C)/C(=C/C)C(=C)C)\CNC(=C)c1ccc2c(c1)C(C(C)=N)CCC2)CNC(=C)c1ccc2c(c1)C(C)CC2C.CC.CC. The first-order chi connectivity index (χ1) is 33.1. The van der Waals surface area contributed by atoms with Gasteiger partial charge in [0.2, 0.25) is 0 Å². The lowest BCUT2D eigenvalue weighted by atomic mass is 9.79.